The number of rotatable bonds is 6. The lowest BCUT2D eigenvalue weighted by Crippen LogP contribution is -2.52. The highest BCUT2D eigenvalue weighted by Crippen LogP contribution is 2.17. The fourth-order valence-corrected chi connectivity index (χ4v) is 3.57. The number of amides is 1. The third kappa shape index (κ3) is 4.49. The van der Waals surface area contributed by atoms with Gasteiger partial charge in [0.05, 0.1) is 9.82 Å². The van der Waals surface area contributed by atoms with Crippen molar-refractivity contribution in [3.63, 3.8) is 0 Å². The Morgan fingerprint density at radius 3 is 2.92 bits per heavy atom. The van der Waals surface area contributed by atoms with Crippen LogP contribution in [0.1, 0.15) is 13.3 Å². The zero-order valence-electron chi connectivity index (χ0n) is 13.3. The molecule has 2 N–H and O–H groups in total. The lowest BCUT2D eigenvalue weighted by Gasteiger charge is -2.34. The molecule has 0 aromatic heterocycles. The zero-order valence-corrected chi connectivity index (χ0v) is 14.1. The first-order valence-corrected chi connectivity index (χ1v) is 9.04. The van der Waals surface area contributed by atoms with Gasteiger partial charge in [-0.15, -0.1) is 0 Å². The minimum Gasteiger partial charge on any atom is -0.337 e. The Balaban J connectivity index is 1.94. The van der Waals surface area contributed by atoms with E-state index in [1.807, 2.05) is 6.92 Å². The molecule has 132 valence electrons. The molecule has 1 aliphatic heterocycles. The molecule has 0 bridgehead atoms. The van der Waals surface area contributed by atoms with E-state index < -0.39 is 14.9 Å². The van der Waals surface area contributed by atoms with Crippen LogP contribution in [0.5, 0.6) is 0 Å². The maximum absolute atomic E-state index is 12.2. The van der Waals surface area contributed by atoms with Gasteiger partial charge < -0.3 is 10.2 Å². The molecule has 0 spiro atoms. The van der Waals surface area contributed by atoms with Crippen LogP contribution < -0.4 is 10.0 Å². The Hall–Kier alpha value is -2.04. The number of non-ortho nitro benzene ring substituents is 1. The van der Waals surface area contributed by atoms with Gasteiger partial charge in [-0.3, -0.25) is 14.9 Å². The Kier molecular flexibility index (Phi) is 5.86. The van der Waals surface area contributed by atoms with Gasteiger partial charge in [-0.25, -0.2) is 13.1 Å². The third-order valence-electron chi connectivity index (χ3n) is 3.79. The fraction of sp³-hybridized carbons (Fsp3) is 0.500. The molecule has 0 unspecified atom stereocenters. The summed E-state index contributed by atoms with van der Waals surface area (Å²) in [6.45, 7) is 3.90. The van der Waals surface area contributed by atoms with Crippen molar-refractivity contribution in [1.29, 1.82) is 0 Å². The quantitative estimate of drug-likeness (QED) is 0.550. The third-order valence-corrected chi connectivity index (χ3v) is 5.25. The van der Waals surface area contributed by atoms with Crippen LogP contribution in [0.2, 0.25) is 0 Å². The van der Waals surface area contributed by atoms with E-state index in [0.717, 1.165) is 12.6 Å². The SMILES string of the molecule is C[C@H]1CNCCN1C(=O)CCNS(=O)(=O)c1cccc([N+](=O)[O-])c1. The average molecular weight is 356 g/mol. The molecule has 1 fully saturated rings. The minimum absolute atomic E-state index is 0.0402. The number of hydrogen-bond donors (Lipinski definition) is 2. The normalized spacial score (nSPS) is 18.4. The predicted octanol–water partition coefficient (Wildman–Crippen LogP) is 0.0835. The van der Waals surface area contributed by atoms with Crippen molar-refractivity contribution in [1.82, 2.24) is 14.9 Å². The summed E-state index contributed by atoms with van der Waals surface area (Å²) < 4.78 is 26.6. The second kappa shape index (κ2) is 7.69. The zero-order chi connectivity index (χ0) is 17.7. The number of benzene rings is 1. The maximum Gasteiger partial charge on any atom is 0.270 e. The van der Waals surface area contributed by atoms with Crippen LogP contribution in [0.15, 0.2) is 29.2 Å². The fourth-order valence-electron chi connectivity index (χ4n) is 2.50. The van der Waals surface area contributed by atoms with Crippen molar-refractivity contribution in [3.05, 3.63) is 34.4 Å². The van der Waals surface area contributed by atoms with E-state index in [-0.39, 0.29) is 35.5 Å². The van der Waals surface area contributed by atoms with Crippen LogP contribution >= 0.6 is 0 Å². The van der Waals surface area contributed by atoms with E-state index in [0.29, 0.717) is 13.1 Å². The van der Waals surface area contributed by atoms with E-state index >= 15 is 0 Å². The van der Waals surface area contributed by atoms with Crippen molar-refractivity contribution >= 4 is 21.6 Å². The van der Waals surface area contributed by atoms with E-state index in [2.05, 4.69) is 10.0 Å². The topological polar surface area (TPSA) is 122 Å². The van der Waals surface area contributed by atoms with E-state index in [4.69, 9.17) is 0 Å². The molecule has 1 saturated heterocycles. The van der Waals surface area contributed by atoms with Crippen molar-refractivity contribution < 1.29 is 18.1 Å². The largest absolute Gasteiger partial charge is 0.337 e. The van der Waals surface area contributed by atoms with Crippen LogP contribution in [-0.2, 0) is 14.8 Å². The summed E-state index contributed by atoms with van der Waals surface area (Å²) in [5.74, 6) is -0.120. The number of carbonyl (C=O) groups is 1. The standard InChI is InChI=1S/C14H20N4O5S/c1-11-10-15-7-8-17(11)14(19)5-6-16-24(22,23)13-4-2-3-12(9-13)18(20)21/h2-4,9,11,15-16H,5-8,10H2,1H3/t11-/m0/s1. The molecule has 1 heterocycles. The van der Waals surface area contributed by atoms with E-state index in [1.54, 1.807) is 4.90 Å². The van der Waals surface area contributed by atoms with Crippen molar-refractivity contribution in [3.8, 4) is 0 Å². The predicted molar refractivity (Wildman–Crippen MR) is 86.9 cm³/mol. The van der Waals surface area contributed by atoms with Crippen molar-refractivity contribution in [2.45, 2.75) is 24.3 Å². The van der Waals surface area contributed by atoms with Crippen LogP contribution in [0.3, 0.4) is 0 Å². The first-order chi connectivity index (χ1) is 11.3. The summed E-state index contributed by atoms with van der Waals surface area (Å²) >= 11 is 0. The van der Waals surface area contributed by atoms with Crippen LogP contribution in [-0.4, -0.2) is 56.4 Å². The second-order valence-electron chi connectivity index (χ2n) is 5.54. The first-order valence-electron chi connectivity index (χ1n) is 7.55. The number of carbonyl (C=O) groups excluding carboxylic acids is 1. The Labute approximate surface area is 140 Å². The van der Waals surface area contributed by atoms with Gasteiger partial charge in [0.2, 0.25) is 15.9 Å². The molecule has 9 nitrogen and oxygen atoms in total. The highest BCUT2D eigenvalue weighted by Gasteiger charge is 2.23. The van der Waals surface area contributed by atoms with Crippen LogP contribution in [0.4, 0.5) is 5.69 Å². The number of nitrogens with zero attached hydrogens (tertiary/aromatic N) is 2. The van der Waals surface area contributed by atoms with Gasteiger partial charge in [-0.1, -0.05) is 6.07 Å². The molecule has 24 heavy (non-hydrogen) atoms. The molecule has 1 atom stereocenters. The summed E-state index contributed by atoms with van der Waals surface area (Å²) in [7, 11) is -3.89. The van der Waals surface area contributed by atoms with Gasteiger partial charge in [0.1, 0.15) is 0 Å². The second-order valence-corrected chi connectivity index (χ2v) is 7.31. The molecule has 1 aromatic carbocycles. The number of nitro groups is 1. The van der Waals surface area contributed by atoms with Gasteiger partial charge in [-0.05, 0) is 13.0 Å². The maximum atomic E-state index is 12.2. The van der Waals surface area contributed by atoms with Gasteiger partial charge in [-0.2, -0.15) is 0 Å². The van der Waals surface area contributed by atoms with E-state index in [9.17, 15) is 23.3 Å². The van der Waals surface area contributed by atoms with Crippen LogP contribution in [0, 0.1) is 10.1 Å². The Morgan fingerprint density at radius 2 is 2.25 bits per heavy atom. The molecule has 0 aliphatic carbocycles. The molecule has 1 aromatic rings. The summed E-state index contributed by atoms with van der Waals surface area (Å²) in [4.78, 5) is 23.7. The lowest BCUT2D eigenvalue weighted by atomic mass is 10.2. The Bertz CT molecular complexity index is 722. The van der Waals surface area contributed by atoms with Gasteiger partial charge in [0.25, 0.3) is 5.69 Å². The van der Waals surface area contributed by atoms with Crippen molar-refractivity contribution in [2.75, 3.05) is 26.2 Å². The number of hydrogen-bond acceptors (Lipinski definition) is 6. The molecule has 0 saturated carbocycles. The van der Waals surface area contributed by atoms with Crippen LogP contribution in [0.25, 0.3) is 0 Å². The van der Waals surface area contributed by atoms with E-state index in [1.165, 1.54) is 18.2 Å². The molecule has 2 rings (SSSR count). The summed E-state index contributed by atoms with van der Waals surface area (Å²) in [6, 6.07) is 4.85. The number of nitrogens with one attached hydrogen (secondary N) is 2. The molecule has 10 heteroatoms. The molecular weight excluding hydrogens is 336 g/mol. The summed E-state index contributed by atoms with van der Waals surface area (Å²) in [5.41, 5.74) is -0.302. The van der Waals surface area contributed by atoms with Gasteiger partial charge in [0, 0.05) is 50.8 Å². The Morgan fingerprint density at radius 1 is 1.50 bits per heavy atom. The number of sulfonamides is 1. The minimum atomic E-state index is -3.89. The highest BCUT2D eigenvalue weighted by atomic mass is 32.2. The number of nitro benzene ring substituents is 1. The summed E-state index contributed by atoms with van der Waals surface area (Å²) in [6.07, 6.45) is 0.0402. The lowest BCUT2D eigenvalue weighted by molar-refractivity contribution is -0.385. The molecule has 1 aliphatic rings. The highest BCUT2D eigenvalue weighted by molar-refractivity contribution is 7.89. The van der Waals surface area contributed by atoms with Gasteiger partial charge in [0.15, 0.2) is 0 Å². The van der Waals surface area contributed by atoms with Crippen molar-refractivity contribution in [2.24, 2.45) is 0 Å². The molecule has 0 radical (unpaired) electrons. The summed E-state index contributed by atoms with van der Waals surface area (Å²) in [5, 5.41) is 13.9. The van der Waals surface area contributed by atoms with Gasteiger partial charge >= 0.3 is 0 Å². The monoisotopic (exact) mass is 356 g/mol. The smallest absolute Gasteiger partial charge is 0.270 e. The average Bonchev–Trinajstić information content (AvgIpc) is 2.55. The molecule has 1 amide bonds. The molecular formula is C14H20N4O5S. The first kappa shape index (κ1) is 18.3. The number of piperazine rings is 1.